The van der Waals surface area contributed by atoms with Gasteiger partial charge in [0.05, 0.1) is 29.6 Å². The standard InChI is InChI=1S/C15H16N4O2/c1-10-7-12(21-18-10)8-16-15(20)11(2)19-9-17-13-5-3-4-6-14(13)19/h3-7,9,11H,8H2,1-2H3,(H,16,20)/t11-/m1/s1. The van der Waals surface area contributed by atoms with Gasteiger partial charge in [-0.25, -0.2) is 4.98 Å². The van der Waals surface area contributed by atoms with Crippen molar-refractivity contribution in [3.8, 4) is 0 Å². The monoisotopic (exact) mass is 284 g/mol. The number of para-hydroxylation sites is 2. The Morgan fingerprint density at radius 3 is 3.00 bits per heavy atom. The van der Waals surface area contributed by atoms with Crippen LogP contribution in [-0.2, 0) is 11.3 Å². The van der Waals surface area contributed by atoms with Crippen LogP contribution in [0.25, 0.3) is 11.0 Å². The van der Waals surface area contributed by atoms with Crippen LogP contribution in [0, 0.1) is 6.92 Å². The van der Waals surface area contributed by atoms with Crippen LogP contribution in [0.2, 0.25) is 0 Å². The number of aromatic nitrogens is 3. The van der Waals surface area contributed by atoms with Gasteiger partial charge in [0, 0.05) is 6.07 Å². The number of hydrogen-bond donors (Lipinski definition) is 1. The average molecular weight is 284 g/mol. The Kier molecular flexibility index (Phi) is 3.43. The zero-order chi connectivity index (χ0) is 14.8. The average Bonchev–Trinajstić information content (AvgIpc) is 3.10. The minimum atomic E-state index is -0.346. The summed E-state index contributed by atoms with van der Waals surface area (Å²) in [5.41, 5.74) is 2.62. The van der Waals surface area contributed by atoms with Gasteiger partial charge in [-0.15, -0.1) is 0 Å². The quantitative estimate of drug-likeness (QED) is 0.797. The second-order valence-corrected chi connectivity index (χ2v) is 4.97. The Labute approximate surface area is 121 Å². The summed E-state index contributed by atoms with van der Waals surface area (Å²) >= 11 is 0. The summed E-state index contributed by atoms with van der Waals surface area (Å²) in [5, 5.41) is 6.63. The summed E-state index contributed by atoms with van der Waals surface area (Å²) in [6.07, 6.45) is 1.69. The number of carbonyl (C=O) groups excluding carboxylic acids is 1. The number of carbonyl (C=O) groups is 1. The maximum absolute atomic E-state index is 12.2. The number of imidazole rings is 1. The van der Waals surface area contributed by atoms with E-state index in [-0.39, 0.29) is 11.9 Å². The Balaban J connectivity index is 1.72. The van der Waals surface area contributed by atoms with E-state index in [0.717, 1.165) is 16.7 Å². The molecule has 0 unspecified atom stereocenters. The zero-order valence-corrected chi connectivity index (χ0v) is 11.9. The SMILES string of the molecule is Cc1cc(CNC(=O)[C@@H](C)n2cnc3ccccc32)on1. The minimum absolute atomic E-state index is 0.0905. The lowest BCUT2D eigenvalue weighted by Gasteiger charge is -2.13. The van der Waals surface area contributed by atoms with Gasteiger partial charge in [0.1, 0.15) is 6.04 Å². The highest BCUT2D eigenvalue weighted by Crippen LogP contribution is 2.17. The van der Waals surface area contributed by atoms with Crippen molar-refractivity contribution in [3.63, 3.8) is 0 Å². The second kappa shape index (κ2) is 5.40. The van der Waals surface area contributed by atoms with Crippen molar-refractivity contribution in [2.45, 2.75) is 26.4 Å². The summed E-state index contributed by atoms with van der Waals surface area (Å²) in [6, 6.07) is 9.19. The van der Waals surface area contributed by atoms with Crippen LogP contribution in [0.15, 0.2) is 41.2 Å². The van der Waals surface area contributed by atoms with E-state index in [9.17, 15) is 4.79 Å². The fraction of sp³-hybridized carbons (Fsp3) is 0.267. The molecule has 1 N–H and O–H groups in total. The predicted molar refractivity (Wildman–Crippen MR) is 77.5 cm³/mol. The molecule has 6 nitrogen and oxygen atoms in total. The van der Waals surface area contributed by atoms with Gasteiger partial charge in [-0.3, -0.25) is 4.79 Å². The van der Waals surface area contributed by atoms with Crippen LogP contribution >= 0.6 is 0 Å². The van der Waals surface area contributed by atoms with Gasteiger partial charge in [0.2, 0.25) is 5.91 Å². The van der Waals surface area contributed by atoms with E-state index >= 15 is 0 Å². The third-order valence-electron chi connectivity index (χ3n) is 3.39. The van der Waals surface area contributed by atoms with E-state index in [2.05, 4.69) is 15.5 Å². The molecule has 0 aliphatic rings. The number of aryl methyl sites for hydroxylation is 1. The normalized spacial score (nSPS) is 12.5. The molecule has 1 amide bonds. The maximum Gasteiger partial charge on any atom is 0.243 e. The van der Waals surface area contributed by atoms with Crippen LogP contribution in [-0.4, -0.2) is 20.6 Å². The van der Waals surface area contributed by atoms with Crippen molar-refractivity contribution < 1.29 is 9.32 Å². The van der Waals surface area contributed by atoms with Crippen molar-refractivity contribution in [1.82, 2.24) is 20.0 Å². The van der Waals surface area contributed by atoms with E-state index in [4.69, 9.17) is 4.52 Å². The molecular formula is C15H16N4O2. The molecule has 2 aromatic heterocycles. The van der Waals surface area contributed by atoms with Crippen molar-refractivity contribution in [1.29, 1.82) is 0 Å². The summed E-state index contributed by atoms with van der Waals surface area (Å²) in [5.74, 6) is 0.552. The number of amides is 1. The first kappa shape index (κ1) is 13.4. The van der Waals surface area contributed by atoms with Crippen molar-refractivity contribution in [3.05, 3.63) is 48.1 Å². The molecule has 0 bridgehead atoms. The first-order chi connectivity index (χ1) is 10.1. The van der Waals surface area contributed by atoms with Crippen LogP contribution in [0.1, 0.15) is 24.4 Å². The molecule has 3 aromatic rings. The molecule has 108 valence electrons. The Morgan fingerprint density at radius 1 is 1.43 bits per heavy atom. The number of rotatable bonds is 4. The Bertz CT molecular complexity index is 775. The van der Waals surface area contributed by atoms with Crippen LogP contribution in [0.4, 0.5) is 0 Å². The minimum Gasteiger partial charge on any atom is -0.359 e. The van der Waals surface area contributed by atoms with Crippen LogP contribution in [0.5, 0.6) is 0 Å². The first-order valence-electron chi connectivity index (χ1n) is 6.76. The van der Waals surface area contributed by atoms with E-state index in [1.165, 1.54) is 0 Å². The third-order valence-corrected chi connectivity index (χ3v) is 3.39. The van der Waals surface area contributed by atoms with Crippen molar-refractivity contribution in [2.24, 2.45) is 0 Å². The van der Waals surface area contributed by atoms with E-state index in [1.807, 2.05) is 42.7 Å². The zero-order valence-electron chi connectivity index (χ0n) is 11.9. The fourth-order valence-electron chi connectivity index (χ4n) is 2.23. The molecule has 6 heteroatoms. The largest absolute Gasteiger partial charge is 0.359 e. The van der Waals surface area contributed by atoms with E-state index < -0.39 is 0 Å². The molecule has 0 spiro atoms. The number of nitrogens with one attached hydrogen (secondary N) is 1. The maximum atomic E-state index is 12.2. The molecule has 0 aliphatic heterocycles. The molecule has 3 rings (SSSR count). The van der Waals surface area contributed by atoms with E-state index in [0.29, 0.717) is 12.3 Å². The van der Waals surface area contributed by atoms with Crippen LogP contribution < -0.4 is 5.32 Å². The summed E-state index contributed by atoms with van der Waals surface area (Å²) in [6.45, 7) is 4.01. The summed E-state index contributed by atoms with van der Waals surface area (Å²) < 4.78 is 6.93. The second-order valence-electron chi connectivity index (χ2n) is 4.97. The molecule has 21 heavy (non-hydrogen) atoms. The molecule has 0 radical (unpaired) electrons. The molecule has 0 fully saturated rings. The lowest BCUT2D eigenvalue weighted by Crippen LogP contribution is -2.30. The molecule has 0 saturated carbocycles. The number of hydrogen-bond acceptors (Lipinski definition) is 4. The van der Waals surface area contributed by atoms with Crippen molar-refractivity contribution in [2.75, 3.05) is 0 Å². The summed E-state index contributed by atoms with van der Waals surface area (Å²) in [4.78, 5) is 16.5. The molecule has 1 atom stereocenters. The lowest BCUT2D eigenvalue weighted by atomic mass is 10.2. The van der Waals surface area contributed by atoms with Gasteiger partial charge in [-0.1, -0.05) is 17.3 Å². The van der Waals surface area contributed by atoms with Gasteiger partial charge in [0.25, 0.3) is 0 Å². The highest BCUT2D eigenvalue weighted by molar-refractivity contribution is 5.83. The predicted octanol–water partition coefficient (Wildman–Crippen LogP) is 2.21. The highest BCUT2D eigenvalue weighted by atomic mass is 16.5. The third kappa shape index (κ3) is 2.65. The van der Waals surface area contributed by atoms with Gasteiger partial charge in [-0.2, -0.15) is 0 Å². The van der Waals surface area contributed by atoms with Gasteiger partial charge in [-0.05, 0) is 26.0 Å². The molecule has 0 saturated heterocycles. The number of nitrogens with zero attached hydrogens (tertiary/aromatic N) is 3. The van der Waals surface area contributed by atoms with Gasteiger partial charge in [0.15, 0.2) is 5.76 Å². The van der Waals surface area contributed by atoms with Crippen LogP contribution in [0.3, 0.4) is 0 Å². The molecular weight excluding hydrogens is 268 g/mol. The van der Waals surface area contributed by atoms with Gasteiger partial charge < -0.3 is 14.4 Å². The van der Waals surface area contributed by atoms with Crippen molar-refractivity contribution >= 4 is 16.9 Å². The Morgan fingerprint density at radius 2 is 2.24 bits per heavy atom. The molecule has 1 aromatic carbocycles. The Hall–Kier alpha value is -2.63. The first-order valence-corrected chi connectivity index (χ1v) is 6.76. The van der Waals surface area contributed by atoms with E-state index in [1.54, 1.807) is 12.4 Å². The lowest BCUT2D eigenvalue weighted by molar-refractivity contribution is -0.124. The summed E-state index contributed by atoms with van der Waals surface area (Å²) in [7, 11) is 0. The fourth-order valence-corrected chi connectivity index (χ4v) is 2.23. The molecule has 2 heterocycles. The highest BCUT2D eigenvalue weighted by Gasteiger charge is 2.17. The van der Waals surface area contributed by atoms with Gasteiger partial charge >= 0.3 is 0 Å². The molecule has 0 aliphatic carbocycles. The number of benzene rings is 1. The topological polar surface area (TPSA) is 73.0 Å². The number of fused-ring (bicyclic) bond motifs is 1. The smallest absolute Gasteiger partial charge is 0.243 e.